The number of likely N-dealkylation sites (N-methyl/N-ethyl adjacent to an activating group) is 1. The SMILES string of the molecule is CCC(OC)c1noc(C(C(C)C)C(C)NC)n1. The van der Waals surface area contributed by atoms with E-state index in [1.54, 1.807) is 7.11 Å². The van der Waals surface area contributed by atoms with E-state index in [-0.39, 0.29) is 12.0 Å². The zero-order valence-electron chi connectivity index (χ0n) is 12.2. The Kier molecular flexibility index (Phi) is 5.75. The number of ether oxygens (including phenoxy) is 1. The molecule has 1 aromatic rings. The first-order valence-electron chi connectivity index (χ1n) is 6.58. The van der Waals surface area contributed by atoms with Crippen LogP contribution in [0.5, 0.6) is 0 Å². The molecule has 1 aromatic heterocycles. The van der Waals surface area contributed by atoms with Gasteiger partial charge in [0.1, 0.15) is 6.10 Å². The minimum Gasteiger partial charge on any atom is -0.373 e. The number of hydrogen-bond acceptors (Lipinski definition) is 5. The topological polar surface area (TPSA) is 60.2 Å². The van der Waals surface area contributed by atoms with E-state index in [9.17, 15) is 0 Å². The molecule has 1 heterocycles. The van der Waals surface area contributed by atoms with Crippen LogP contribution in [-0.4, -0.2) is 30.3 Å². The van der Waals surface area contributed by atoms with Crippen LogP contribution < -0.4 is 5.32 Å². The molecule has 18 heavy (non-hydrogen) atoms. The van der Waals surface area contributed by atoms with Crippen molar-refractivity contribution < 1.29 is 9.26 Å². The van der Waals surface area contributed by atoms with E-state index in [0.29, 0.717) is 23.7 Å². The summed E-state index contributed by atoms with van der Waals surface area (Å²) in [5, 5.41) is 7.29. The molecule has 104 valence electrons. The summed E-state index contributed by atoms with van der Waals surface area (Å²) in [5.74, 6) is 1.98. The molecule has 0 spiro atoms. The predicted octanol–water partition coefficient (Wildman–Crippen LogP) is 2.51. The van der Waals surface area contributed by atoms with Gasteiger partial charge in [-0.3, -0.25) is 0 Å². The number of rotatable bonds is 7. The molecule has 0 aromatic carbocycles. The maximum Gasteiger partial charge on any atom is 0.231 e. The Labute approximate surface area is 109 Å². The van der Waals surface area contributed by atoms with E-state index < -0.39 is 0 Å². The highest BCUT2D eigenvalue weighted by atomic mass is 16.5. The summed E-state index contributed by atoms with van der Waals surface area (Å²) in [6.45, 7) is 8.49. The Morgan fingerprint density at radius 2 is 2.00 bits per heavy atom. The van der Waals surface area contributed by atoms with Gasteiger partial charge < -0.3 is 14.6 Å². The van der Waals surface area contributed by atoms with Crippen molar-refractivity contribution in [2.75, 3.05) is 14.2 Å². The van der Waals surface area contributed by atoms with Crippen molar-refractivity contribution in [2.24, 2.45) is 5.92 Å². The molecule has 5 nitrogen and oxygen atoms in total. The van der Waals surface area contributed by atoms with Crippen molar-refractivity contribution in [1.29, 1.82) is 0 Å². The summed E-state index contributed by atoms with van der Waals surface area (Å²) >= 11 is 0. The predicted molar refractivity (Wildman–Crippen MR) is 70.4 cm³/mol. The lowest BCUT2D eigenvalue weighted by atomic mass is 9.89. The molecule has 1 N–H and O–H groups in total. The maximum absolute atomic E-state index is 5.41. The van der Waals surface area contributed by atoms with Gasteiger partial charge in [0, 0.05) is 13.2 Å². The Hall–Kier alpha value is -0.940. The van der Waals surface area contributed by atoms with Crippen molar-refractivity contribution in [3.8, 4) is 0 Å². The molecule has 1 rings (SSSR count). The van der Waals surface area contributed by atoms with E-state index >= 15 is 0 Å². The first-order valence-corrected chi connectivity index (χ1v) is 6.58. The van der Waals surface area contributed by atoms with Gasteiger partial charge in [-0.05, 0) is 26.3 Å². The van der Waals surface area contributed by atoms with Crippen LogP contribution in [0.25, 0.3) is 0 Å². The van der Waals surface area contributed by atoms with Gasteiger partial charge in [0.05, 0.1) is 5.92 Å². The zero-order chi connectivity index (χ0) is 13.7. The van der Waals surface area contributed by atoms with E-state index in [2.05, 4.69) is 36.2 Å². The fourth-order valence-corrected chi connectivity index (χ4v) is 2.22. The molecule has 3 unspecified atom stereocenters. The fourth-order valence-electron chi connectivity index (χ4n) is 2.22. The summed E-state index contributed by atoms with van der Waals surface area (Å²) in [6, 6.07) is 0.293. The molecule has 0 bridgehead atoms. The van der Waals surface area contributed by atoms with Crippen LogP contribution in [0, 0.1) is 5.92 Å². The van der Waals surface area contributed by atoms with Crippen molar-refractivity contribution >= 4 is 0 Å². The Bertz CT molecular complexity index is 348. The molecule has 0 amide bonds. The second-order valence-electron chi connectivity index (χ2n) is 4.97. The summed E-state index contributed by atoms with van der Waals surface area (Å²) in [7, 11) is 3.61. The van der Waals surface area contributed by atoms with Gasteiger partial charge in [0.15, 0.2) is 0 Å². The van der Waals surface area contributed by atoms with Crippen LogP contribution in [0.1, 0.15) is 57.9 Å². The highest BCUT2D eigenvalue weighted by Gasteiger charge is 2.28. The van der Waals surface area contributed by atoms with E-state index in [1.807, 2.05) is 14.0 Å². The van der Waals surface area contributed by atoms with Gasteiger partial charge in [-0.15, -0.1) is 0 Å². The molecule has 0 aliphatic rings. The molecule has 0 saturated carbocycles. The highest BCUT2D eigenvalue weighted by Crippen LogP contribution is 2.28. The van der Waals surface area contributed by atoms with E-state index in [0.717, 1.165) is 6.42 Å². The van der Waals surface area contributed by atoms with Gasteiger partial charge in [0.2, 0.25) is 11.7 Å². The summed E-state index contributed by atoms with van der Waals surface area (Å²) in [4.78, 5) is 4.50. The second kappa shape index (κ2) is 6.85. The van der Waals surface area contributed by atoms with Crippen molar-refractivity contribution in [1.82, 2.24) is 15.5 Å². The van der Waals surface area contributed by atoms with Crippen molar-refractivity contribution in [3.63, 3.8) is 0 Å². The third-order valence-corrected chi connectivity index (χ3v) is 3.40. The van der Waals surface area contributed by atoms with Crippen LogP contribution in [0.4, 0.5) is 0 Å². The minimum absolute atomic E-state index is 0.0831. The molecule has 0 aliphatic heterocycles. The first kappa shape index (κ1) is 15.1. The van der Waals surface area contributed by atoms with E-state index in [1.165, 1.54) is 0 Å². The van der Waals surface area contributed by atoms with Crippen LogP contribution >= 0.6 is 0 Å². The quantitative estimate of drug-likeness (QED) is 0.811. The third kappa shape index (κ3) is 3.29. The monoisotopic (exact) mass is 255 g/mol. The number of nitrogens with one attached hydrogen (secondary N) is 1. The minimum atomic E-state index is -0.0831. The average molecular weight is 255 g/mol. The first-order chi connectivity index (χ1) is 8.54. The van der Waals surface area contributed by atoms with Crippen LogP contribution in [0.3, 0.4) is 0 Å². The second-order valence-corrected chi connectivity index (χ2v) is 4.97. The third-order valence-electron chi connectivity index (χ3n) is 3.40. The van der Waals surface area contributed by atoms with Gasteiger partial charge in [-0.25, -0.2) is 0 Å². The molecular weight excluding hydrogens is 230 g/mol. The largest absolute Gasteiger partial charge is 0.373 e. The lowest BCUT2D eigenvalue weighted by Crippen LogP contribution is -2.32. The molecule has 0 aliphatic carbocycles. The normalized spacial score (nSPS) is 16.8. The van der Waals surface area contributed by atoms with Crippen LogP contribution in [-0.2, 0) is 4.74 Å². The van der Waals surface area contributed by atoms with Crippen LogP contribution in [0.15, 0.2) is 4.52 Å². The molecular formula is C13H25N3O2. The standard InChI is InChI=1S/C13H25N3O2/c1-7-10(17-6)12-15-13(18-16-12)11(8(2)3)9(4)14-5/h8-11,14H,7H2,1-6H3. The Balaban J connectivity index is 2.94. The van der Waals surface area contributed by atoms with Gasteiger partial charge in [0.25, 0.3) is 0 Å². The Morgan fingerprint density at radius 1 is 1.33 bits per heavy atom. The number of hydrogen-bond donors (Lipinski definition) is 1. The van der Waals surface area contributed by atoms with Crippen LogP contribution in [0.2, 0.25) is 0 Å². The number of nitrogens with zero attached hydrogens (tertiary/aromatic N) is 2. The maximum atomic E-state index is 5.41. The lowest BCUT2D eigenvalue weighted by Gasteiger charge is -2.23. The molecule has 5 heteroatoms. The zero-order valence-corrected chi connectivity index (χ0v) is 12.2. The van der Waals surface area contributed by atoms with Gasteiger partial charge >= 0.3 is 0 Å². The molecule has 0 saturated heterocycles. The van der Waals surface area contributed by atoms with Gasteiger partial charge in [-0.2, -0.15) is 4.98 Å². The van der Waals surface area contributed by atoms with Crippen molar-refractivity contribution in [2.45, 2.75) is 52.2 Å². The number of methoxy groups -OCH3 is 1. The lowest BCUT2D eigenvalue weighted by molar-refractivity contribution is 0.0903. The van der Waals surface area contributed by atoms with Gasteiger partial charge in [-0.1, -0.05) is 25.9 Å². The smallest absolute Gasteiger partial charge is 0.231 e. The molecule has 0 fully saturated rings. The summed E-state index contributed by atoms with van der Waals surface area (Å²) in [5.41, 5.74) is 0. The molecule has 3 atom stereocenters. The van der Waals surface area contributed by atoms with Crippen molar-refractivity contribution in [3.05, 3.63) is 11.7 Å². The average Bonchev–Trinajstić information content (AvgIpc) is 2.79. The summed E-state index contributed by atoms with van der Waals surface area (Å²) in [6.07, 6.45) is 0.754. The highest BCUT2D eigenvalue weighted by molar-refractivity contribution is 5.01. The van der Waals surface area contributed by atoms with E-state index in [4.69, 9.17) is 9.26 Å². The fraction of sp³-hybridized carbons (Fsp3) is 0.846. The Morgan fingerprint density at radius 3 is 2.44 bits per heavy atom. The summed E-state index contributed by atoms with van der Waals surface area (Å²) < 4.78 is 10.7. The number of aromatic nitrogens is 2. The molecule has 0 radical (unpaired) electrons.